The topological polar surface area (TPSA) is 21.3 Å². The molecule has 0 radical (unpaired) electrons. The maximum Gasteiger partial charge on any atom is 0.0594 e. The summed E-state index contributed by atoms with van der Waals surface area (Å²) in [5.74, 6) is 0. The predicted octanol–water partition coefficient (Wildman–Crippen LogP) is 3.21. The molecular weight excluding hydrogens is 206 g/mol. The van der Waals surface area contributed by atoms with Crippen LogP contribution in [-0.4, -0.2) is 19.3 Å². The van der Waals surface area contributed by atoms with E-state index < -0.39 is 0 Å². The van der Waals surface area contributed by atoms with Crippen LogP contribution in [0.1, 0.15) is 38.1 Å². The molecule has 0 saturated carbocycles. The van der Waals surface area contributed by atoms with Crippen LogP contribution < -0.4 is 5.32 Å². The average Bonchev–Trinajstić information content (AvgIpc) is 2.77. The lowest BCUT2D eigenvalue weighted by atomic mass is 10.3. The van der Waals surface area contributed by atoms with E-state index in [2.05, 4.69) is 43.6 Å². The minimum atomic E-state index is 0.379. The Morgan fingerprint density at radius 1 is 1.47 bits per heavy atom. The lowest BCUT2D eigenvalue weighted by Gasteiger charge is -2.14. The summed E-state index contributed by atoms with van der Waals surface area (Å²) in [6.07, 6.45) is 1.46. The normalized spacial score (nSPS) is 15.1. The van der Waals surface area contributed by atoms with E-state index in [4.69, 9.17) is 4.74 Å². The van der Waals surface area contributed by atoms with E-state index in [-0.39, 0.29) is 0 Å². The first-order valence-electron chi connectivity index (χ1n) is 5.62. The lowest BCUT2D eigenvalue weighted by Crippen LogP contribution is -2.24. The quantitative estimate of drug-likeness (QED) is 0.722. The highest BCUT2D eigenvalue weighted by Gasteiger charge is 2.05. The van der Waals surface area contributed by atoms with Crippen molar-refractivity contribution in [2.75, 3.05) is 13.2 Å². The zero-order valence-electron chi connectivity index (χ0n) is 9.82. The van der Waals surface area contributed by atoms with Crippen LogP contribution in [0.4, 0.5) is 0 Å². The van der Waals surface area contributed by atoms with Crippen LogP contribution in [0, 0.1) is 0 Å². The Hall–Kier alpha value is -0.380. The van der Waals surface area contributed by atoms with Gasteiger partial charge in [-0.15, -0.1) is 11.3 Å². The van der Waals surface area contributed by atoms with Crippen molar-refractivity contribution in [3.8, 4) is 0 Å². The zero-order valence-corrected chi connectivity index (χ0v) is 10.6. The van der Waals surface area contributed by atoms with Crippen LogP contribution in [0.5, 0.6) is 0 Å². The first-order valence-corrected chi connectivity index (χ1v) is 6.50. The Balaban J connectivity index is 2.10. The summed E-state index contributed by atoms with van der Waals surface area (Å²) in [7, 11) is 0. The molecule has 0 aliphatic heterocycles. The van der Waals surface area contributed by atoms with Crippen LogP contribution >= 0.6 is 11.3 Å². The third kappa shape index (κ3) is 4.78. The second kappa shape index (κ2) is 6.99. The van der Waals surface area contributed by atoms with E-state index in [9.17, 15) is 0 Å². The first-order chi connectivity index (χ1) is 7.24. The number of ether oxygens (including phenoxy) is 1. The molecule has 2 unspecified atom stereocenters. The highest BCUT2D eigenvalue weighted by atomic mass is 32.1. The van der Waals surface area contributed by atoms with Crippen molar-refractivity contribution >= 4 is 11.3 Å². The highest BCUT2D eigenvalue weighted by Crippen LogP contribution is 2.17. The first kappa shape index (κ1) is 12.7. The van der Waals surface area contributed by atoms with Crippen molar-refractivity contribution in [2.45, 2.75) is 39.3 Å². The second-order valence-corrected chi connectivity index (χ2v) is 4.76. The van der Waals surface area contributed by atoms with Gasteiger partial charge in [0.15, 0.2) is 0 Å². The molecule has 0 bridgehead atoms. The molecule has 15 heavy (non-hydrogen) atoms. The summed E-state index contributed by atoms with van der Waals surface area (Å²) < 4.78 is 5.60. The largest absolute Gasteiger partial charge is 0.377 e. The third-order valence-corrected chi connectivity index (χ3v) is 3.55. The number of nitrogens with one attached hydrogen (secondary N) is 1. The number of hydrogen-bond acceptors (Lipinski definition) is 3. The van der Waals surface area contributed by atoms with Gasteiger partial charge in [0.1, 0.15) is 0 Å². The second-order valence-electron chi connectivity index (χ2n) is 3.78. The molecule has 0 fully saturated rings. The molecule has 2 nitrogen and oxygen atoms in total. The van der Waals surface area contributed by atoms with Crippen molar-refractivity contribution in [3.05, 3.63) is 22.4 Å². The van der Waals surface area contributed by atoms with Crippen LogP contribution in [0.2, 0.25) is 0 Å². The van der Waals surface area contributed by atoms with Gasteiger partial charge in [0.25, 0.3) is 0 Å². The maximum absolute atomic E-state index is 5.60. The molecule has 1 N–H and O–H groups in total. The maximum atomic E-state index is 5.60. The summed E-state index contributed by atoms with van der Waals surface area (Å²) in [4.78, 5) is 1.39. The minimum absolute atomic E-state index is 0.379. The van der Waals surface area contributed by atoms with Crippen LogP contribution in [0.3, 0.4) is 0 Å². The number of hydrogen-bond donors (Lipinski definition) is 1. The molecule has 1 aromatic rings. The highest BCUT2D eigenvalue weighted by molar-refractivity contribution is 7.10. The molecular formula is C12H21NOS. The van der Waals surface area contributed by atoms with Gasteiger partial charge in [-0.2, -0.15) is 0 Å². The monoisotopic (exact) mass is 227 g/mol. The summed E-state index contributed by atoms with van der Waals surface area (Å²) in [6, 6.07) is 4.69. The van der Waals surface area contributed by atoms with E-state index in [1.807, 2.05) is 0 Å². The smallest absolute Gasteiger partial charge is 0.0594 e. The molecule has 0 aliphatic carbocycles. The predicted molar refractivity (Wildman–Crippen MR) is 66.4 cm³/mol. The fraction of sp³-hybridized carbons (Fsp3) is 0.667. The van der Waals surface area contributed by atoms with E-state index in [1.165, 1.54) is 4.88 Å². The molecule has 1 rings (SSSR count). The van der Waals surface area contributed by atoms with Gasteiger partial charge in [-0.05, 0) is 31.7 Å². The zero-order chi connectivity index (χ0) is 11.1. The molecule has 86 valence electrons. The van der Waals surface area contributed by atoms with Gasteiger partial charge in [0.2, 0.25) is 0 Å². The summed E-state index contributed by atoms with van der Waals surface area (Å²) >= 11 is 1.80. The molecule has 0 saturated heterocycles. The molecule has 0 amide bonds. The van der Waals surface area contributed by atoms with Gasteiger partial charge in [-0.1, -0.05) is 13.0 Å². The standard InChI is InChI=1S/C12H21NOS/c1-4-10(2)14-8-7-13-11(3)12-6-5-9-15-12/h5-6,9-11,13H,4,7-8H2,1-3H3. The molecule has 0 aromatic carbocycles. The van der Waals surface area contributed by atoms with Crippen LogP contribution in [0.25, 0.3) is 0 Å². The van der Waals surface area contributed by atoms with E-state index in [0.29, 0.717) is 12.1 Å². The average molecular weight is 227 g/mol. The number of thiophene rings is 1. The fourth-order valence-electron chi connectivity index (χ4n) is 1.29. The van der Waals surface area contributed by atoms with Gasteiger partial charge in [0, 0.05) is 17.5 Å². The Kier molecular flexibility index (Phi) is 5.91. The molecule has 1 heterocycles. The SMILES string of the molecule is CCC(C)OCCNC(C)c1cccs1. The summed E-state index contributed by atoms with van der Waals surface area (Å²) in [5, 5.41) is 5.56. The fourth-order valence-corrected chi connectivity index (χ4v) is 2.05. The van der Waals surface area contributed by atoms with Gasteiger partial charge < -0.3 is 10.1 Å². The van der Waals surface area contributed by atoms with Crippen molar-refractivity contribution in [1.29, 1.82) is 0 Å². The van der Waals surface area contributed by atoms with Crippen LogP contribution in [-0.2, 0) is 4.74 Å². The van der Waals surface area contributed by atoms with E-state index in [1.54, 1.807) is 11.3 Å². The van der Waals surface area contributed by atoms with Crippen LogP contribution in [0.15, 0.2) is 17.5 Å². The van der Waals surface area contributed by atoms with Gasteiger partial charge in [-0.3, -0.25) is 0 Å². The van der Waals surface area contributed by atoms with E-state index >= 15 is 0 Å². The van der Waals surface area contributed by atoms with Crippen molar-refractivity contribution in [1.82, 2.24) is 5.32 Å². The van der Waals surface area contributed by atoms with Gasteiger partial charge in [-0.25, -0.2) is 0 Å². The Morgan fingerprint density at radius 2 is 2.27 bits per heavy atom. The van der Waals surface area contributed by atoms with Gasteiger partial charge in [0.05, 0.1) is 12.7 Å². The van der Waals surface area contributed by atoms with Crippen molar-refractivity contribution < 1.29 is 4.74 Å². The minimum Gasteiger partial charge on any atom is -0.377 e. The van der Waals surface area contributed by atoms with Crippen molar-refractivity contribution in [2.24, 2.45) is 0 Å². The summed E-state index contributed by atoms with van der Waals surface area (Å²) in [6.45, 7) is 8.16. The Labute approximate surface area is 96.7 Å². The van der Waals surface area contributed by atoms with Crippen molar-refractivity contribution in [3.63, 3.8) is 0 Å². The number of rotatable bonds is 7. The molecule has 0 aliphatic rings. The third-order valence-electron chi connectivity index (χ3n) is 2.50. The molecule has 3 heteroatoms. The molecule has 0 spiro atoms. The summed E-state index contributed by atoms with van der Waals surface area (Å²) in [5.41, 5.74) is 0. The lowest BCUT2D eigenvalue weighted by molar-refractivity contribution is 0.0646. The molecule has 1 aromatic heterocycles. The van der Waals surface area contributed by atoms with Gasteiger partial charge >= 0.3 is 0 Å². The Morgan fingerprint density at radius 3 is 2.87 bits per heavy atom. The van der Waals surface area contributed by atoms with E-state index in [0.717, 1.165) is 19.6 Å². The molecule has 2 atom stereocenters. The Bertz CT molecular complexity index is 248.